The normalized spacial score (nSPS) is 12.7. The van der Waals surface area contributed by atoms with Crippen LogP contribution in [0.5, 0.6) is 5.75 Å². The minimum absolute atomic E-state index is 0.454. The van der Waals surface area contributed by atoms with Crippen LogP contribution in [0.1, 0.15) is 51.0 Å². The van der Waals surface area contributed by atoms with Gasteiger partial charge < -0.3 is 5.11 Å². The van der Waals surface area contributed by atoms with Gasteiger partial charge in [-0.05, 0) is 30.4 Å². The van der Waals surface area contributed by atoms with E-state index in [1.807, 2.05) is 18.2 Å². The molecule has 0 aliphatic rings. The van der Waals surface area contributed by atoms with Gasteiger partial charge in [-0.25, -0.2) is 0 Å². The molecular formula is C13H20O. The van der Waals surface area contributed by atoms with Crippen LogP contribution in [0.15, 0.2) is 24.3 Å². The monoisotopic (exact) mass is 192 g/mol. The molecule has 0 saturated heterocycles. The number of rotatable bonds is 5. The Kier molecular flexibility index (Phi) is 4.51. The second kappa shape index (κ2) is 5.69. The summed E-state index contributed by atoms with van der Waals surface area (Å²) in [5, 5.41) is 9.71. The van der Waals surface area contributed by atoms with Crippen molar-refractivity contribution in [1.82, 2.24) is 0 Å². The molecule has 1 heteroatoms. The number of hydrogen-bond acceptors (Lipinski definition) is 1. The van der Waals surface area contributed by atoms with Crippen LogP contribution in [-0.2, 0) is 0 Å². The maximum absolute atomic E-state index is 9.71. The zero-order valence-electron chi connectivity index (χ0n) is 9.16. The summed E-state index contributed by atoms with van der Waals surface area (Å²) in [6.07, 6.45) is 4.76. The summed E-state index contributed by atoms with van der Waals surface area (Å²) < 4.78 is 0. The van der Waals surface area contributed by atoms with Gasteiger partial charge in [0.15, 0.2) is 0 Å². The van der Waals surface area contributed by atoms with Crippen molar-refractivity contribution in [2.24, 2.45) is 0 Å². The van der Waals surface area contributed by atoms with Crippen LogP contribution in [0, 0.1) is 0 Å². The quantitative estimate of drug-likeness (QED) is 0.745. The van der Waals surface area contributed by atoms with E-state index in [4.69, 9.17) is 0 Å². The third-order valence-corrected chi connectivity index (χ3v) is 2.78. The van der Waals surface area contributed by atoms with Gasteiger partial charge >= 0.3 is 0 Å². The Labute approximate surface area is 86.8 Å². The van der Waals surface area contributed by atoms with Gasteiger partial charge in [-0.15, -0.1) is 0 Å². The molecule has 1 rings (SSSR count). The number of para-hydroxylation sites is 1. The van der Waals surface area contributed by atoms with Gasteiger partial charge in [0.05, 0.1) is 0 Å². The van der Waals surface area contributed by atoms with Crippen molar-refractivity contribution in [1.29, 1.82) is 0 Å². The second-order valence-electron chi connectivity index (χ2n) is 3.81. The van der Waals surface area contributed by atoms with Gasteiger partial charge in [0.2, 0.25) is 0 Å². The van der Waals surface area contributed by atoms with Crippen molar-refractivity contribution >= 4 is 0 Å². The molecule has 1 nitrogen and oxygen atoms in total. The standard InChI is InChI=1S/C13H20O/c1-3-5-8-11(4-2)12-9-6-7-10-13(12)14/h6-7,9-11,14H,3-5,8H2,1-2H3. The number of aromatic hydroxyl groups is 1. The summed E-state index contributed by atoms with van der Waals surface area (Å²) in [7, 11) is 0. The van der Waals surface area contributed by atoms with Crippen molar-refractivity contribution in [3.63, 3.8) is 0 Å². The summed E-state index contributed by atoms with van der Waals surface area (Å²) in [5.74, 6) is 0.978. The van der Waals surface area contributed by atoms with Crippen molar-refractivity contribution in [2.45, 2.75) is 45.4 Å². The number of unbranched alkanes of at least 4 members (excludes halogenated alkanes) is 1. The second-order valence-corrected chi connectivity index (χ2v) is 3.81. The largest absolute Gasteiger partial charge is 0.508 e. The zero-order chi connectivity index (χ0) is 10.4. The summed E-state index contributed by atoms with van der Waals surface area (Å²) >= 11 is 0. The molecule has 1 N–H and O–H groups in total. The average molecular weight is 192 g/mol. The molecule has 0 aliphatic carbocycles. The number of phenols is 1. The molecule has 0 spiro atoms. The Morgan fingerprint density at radius 2 is 1.93 bits per heavy atom. The van der Waals surface area contributed by atoms with Crippen LogP contribution in [0.3, 0.4) is 0 Å². The molecule has 0 bridgehead atoms. The van der Waals surface area contributed by atoms with Crippen LogP contribution in [0.2, 0.25) is 0 Å². The van der Waals surface area contributed by atoms with Crippen LogP contribution in [0.4, 0.5) is 0 Å². The van der Waals surface area contributed by atoms with E-state index in [0.29, 0.717) is 11.7 Å². The molecule has 78 valence electrons. The Bertz CT molecular complexity index is 268. The van der Waals surface area contributed by atoms with Gasteiger partial charge in [-0.1, -0.05) is 44.9 Å². The first-order valence-electron chi connectivity index (χ1n) is 5.57. The molecule has 0 aromatic heterocycles. The highest BCUT2D eigenvalue weighted by Crippen LogP contribution is 2.31. The fourth-order valence-corrected chi connectivity index (χ4v) is 1.86. The van der Waals surface area contributed by atoms with Crippen LogP contribution >= 0.6 is 0 Å². The maximum Gasteiger partial charge on any atom is 0.119 e. The Balaban J connectivity index is 2.73. The summed E-state index contributed by atoms with van der Waals surface area (Å²) in [6.45, 7) is 4.39. The van der Waals surface area contributed by atoms with Crippen molar-refractivity contribution in [3.05, 3.63) is 29.8 Å². The lowest BCUT2D eigenvalue weighted by Crippen LogP contribution is -1.97. The Morgan fingerprint density at radius 3 is 2.50 bits per heavy atom. The van der Waals surface area contributed by atoms with E-state index in [-0.39, 0.29) is 0 Å². The summed E-state index contributed by atoms with van der Waals surface area (Å²) in [4.78, 5) is 0. The molecule has 0 fully saturated rings. The Hall–Kier alpha value is -0.980. The third kappa shape index (κ3) is 2.76. The van der Waals surface area contributed by atoms with Crippen molar-refractivity contribution in [2.75, 3.05) is 0 Å². The Morgan fingerprint density at radius 1 is 1.21 bits per heavy atom. The lowest BCUT2D eigenvalue weighted by atomic mass is 9.91. The molecule has 0 amide bonds. The van der Waals surface area contributed by atoms with Gasteiger partial charge in [0.25, 0.3) is 0 Å². The molecule has 1 aromatic carbocycles. The van der Waals surface area contributed by atoms with E-state index in [1.54, 1.807) is 6.07 Å². The minimum Gasteiger partial charge on any atom is -0.508 e. The van der Waals surface area contributed by atoms with Crippen molar-refractivity contribution < 1.29 is 5.11 Å². The summed E-state index contributed by atoms with van der Waals surface area (Å²) in [6, 6.07) is 7.71. The van der Waals surface area contributed by atoms with Gasteiger partial charge in [-0.2, -0.15) is 0 Å². The van der Waals surface area contributed by atoms with E-state index in [2.05, 4.69) is 13.8 Å². The van der Waals surface area contributed by atoms with E-state index in [0.717, 1.165) is 12.0 Å². The fourth-order valence-electron chi connectivity index (χ4n) is 1.86. The highest BCUT2D eigenvalue weighted by molar-refractivity contribution is 5.34. The predicted molar refractivity (Wildman–Crippen MR) is 60.7 cm³/mol. The third-order valence-electron chi connectivity index (χ3n) is 2.78. The topological polar surface area (TPSA) is 20.2 Å². The molecule has 14 heavy (non-hydrogen) atoms. The van der Waals surface area contributed by atoms with E-state index in [9.17, 15) is 5.11 Å². The molecule has 1 aromatic rings. The SMILES string of the molecule is CCCCC(CC)c1ccccc1O. The highest BCUT2D eigenvalue weighted by atomic mass is 16.3. The van der Waals surface area contributed by atoms with Crippen LogP contribution < -0.4 is 0 Å². The first kappa shape index (κ1) is 11.1. The van der Waals surface area contributed by atoms with Crippen molar-refractivity contribution in [3.8, 4) is 5.75 Å². The first-order valence-corrected chi connectivity index (χ1v) is 5.57. The van der Waals surface area contributed by atoms with Gasteiger partial charge in [0.1, 0.15) is 5.75 Å². The number of hydrogen-bond donors (Lipinski definition) is 1. The average Bonchev–Trinajstić information content (AvgIpc) is 2.21. The molecule has 1 unspecified atom stereocenters. The predicted octanol–water partition coefficient (Wildman–Crippen LogP) is 4.08. The van der Waals surface area contributed by atoms with E-state index >= 15 is 0 Å². The molecular weight excluding hydrogens is 172 g/mol. The lowest BCUT2D eigenvalue weighted by Gasteiger charge is -2.15. The first-order chi connectivity index (χ1) is 6.79. The molecule has 1 atom stereocenters. The molecule has 0 heterocycles. The van der Waals surface area contributed by atoms with Crippen LogP contribution in [-0.4, -0.2) is 5.11 Å². The molecule has 0 aliphatic heterocycles. The van der Waals surface area contributed by atoms with Gasteiger partial charge in [0, 0.05) is 0 Å². The van der Waals surface area contributed by atoms with E-state index < -0.39 is 0 Å². The molecule has 0 saturated carbocycles. The smallest absolute Gasteiger partial charge is 0.119 e. The fraction of sp³-hybridized carbons (Fsp3) is 0.538. The minimum atomic E-state index is 0.454. The number of phenolic OH excluding ortho intramolecular Hbond substituents is 1. The molecule has 0 radical (unpaired) electrons. The van der Waals surface area contributed by atoms with E-state index in [1.165, 1.54) is 19.3 Å². The van der Waals surface area contributed by atoms with Gasteiger partial charge in [-0.3, -0.25) is 0 Å². The highest BCUT2D eigenvalue weighted by Gasteiger charge is 2.11. The zero-order valence-corrected chi connectivity index (χ0v) is 9.16. The maximum atomic E-state index is 9.71. The summed E-state index contributed by atoms with van der Waals surface area (Å²) in [5.41, 5.74) is 1.11. The van der Waals surface area contributed by atoms with Crippen LogP contribution in [0.25, 0.3) is 0 Å². The lowest BCUT2D eigenvalue weighted by molar-refractivity contribution is 0.452. The number of benzene rings is 1.